The number of nitrogen functional groups attached to an aromatic ring is 1. The van der Waals surface area contributed by atoms with E-state index in [1.807, 2.05) is 24.1 Å². The van der Waals surface area contributed by atoms with Crippen LogP contribution in [0.25, 0.3) is 0 Å². The first-order valence-corrected chi connectivity index (χ1v) is 8.02. The highest BCUT2D eigenvalue weighted by atomic mass is 16.2. The maximum atomic E-state index is 12.5. The Labute approximate surface area is 126 Å². The normalized spacial score (nSPS) is 23.6. The lowest BCUT2D eigenvalue weighted by molar-refractivity contribution is 0.0730. The van der Waals surface area contributed by atoms with E-state index in [1.165, 1.54) is 25.7 Å². The van der Waals surface area contributed by atoms with Crippen molar-refractivity contribution in [3.8, 4) is 0 Å². The van der Waals surface area contributed by atoms with Crippen molar-refractivity contribution in [3.05, 3.63) is 29.8 Å². The molecular weight excluding hydrogens is 262 g/mol. The number of rotatable bonds is 3. The van der Waals surface area contributed by atoms with Gasteiger partial charge in [0.15, 0.2) is 0 Å². The molecule has 2 aliphatic rings. The fourth-order valence-corrected chi connectivity index (χ4v) is 3.68. The standard InChI is InChI=1S/C17H25N3O/c1-19(17(21)13-6-8-14(18)9-7-13)16-10-11-20(12-16)15-4-2-3-5-15/h6-9,15-16H,2-5,10-12,18H2,1H3. The molecule has 1 unspecified atom stereocenters. The quantitative estimate of drug-likeness (QED) is 0.868. The van der Waals surface area contributed by atoms with Crippen molar-refractivity contribution in [1.29, 1.82) is 0 Å². The molecule has 1 heterocycles. The summed E-state index contributed by atoms with van der Waals surface area (Å²) in [5.41, 5.74) is 7.11. The molecule has 1 aromatic rings. The maximum Gasteiger partial charge on any atom is 0.253 e. The predicted molar refractivity (Wildman–Crippen MR) is 85.2 cm³/mol. The van der Waals surface area contributed by atoms with Gasteiger partial charge < -0.3 is 10.6 Å². The molecule has 2 N–H and O–H groups in total. The van der Waals surface area contributed by atoms with Crippen molar-refractivity contribution in [2.75, 3.05) is 25.9 Å². The number of anilines is 1. The minimum Gasteiger partial charge on any atom is -0.399 e. The maximum absolute atomic E-state index is 12.5. The van der Waals surface area contributed by atoms with E-state index < -0.39 is 0 Å². The van der Waals surface area contributed by atoms with Gasteiger partial charge in [0.05, 0.1) is 0 Å². The molecule has 1 aliphatic carbocycles. The average Bonchev–Trinajstić information content (AvgIpc) is 3.17. The van der Waals surface area contributed by atoms with Crippen LogP contribution in [0.1, 0.15) is 42.5 Å². The number of hydrogen-bond donors (Lipinski definition) is 1. The lowest BCUT2D eigenvalue weighted by Gasteiger charge is -2.27. The van der Waals surface area contributed by atoms with Gasteiger partial charge in [0.25, 0.3) is 5.91 Å². The van der Waals surface area contributed by atoms with Crippen LogP contribution in [0.3, 0.4) is 0 Å². The average molecular weight is 287 g/mol. The molecule has 21 heavy (non-hydrogen) atoms. The summed E-state index contributed by atoms with van der Waals surface area (Å²) in [6, 6.07) is 8.32. The number of benzene rings is 1. The summed E-state index contributed by atoms with van der Waals surface area (Å²) >= 11 is 0. The van der Waals surface area contributed by atoms with Crippen LogP contribution in [-0.4, -0.2) is 47.9 Å². The van der Waals surface area contributed by atoms with Gasteiger partial charge >= 0.3 is 0 Å². The number of hydrogen-bond acceptors (Lipinski definition) is 3. The molecule has 4 heteroatoms. The van der Waals surface area contributed by atoms with Gasteiger partial charge in [-0.05, 0) is 43.5 Å². The zero-order chi connectivity index (χ0) is 14.8. The molecule has 0 spiro atoms. The van der Waals surface area contributed by atoms with E-state index in [-0.39, 0.29) is 5.91 Å². The van der Waals surface area contributed by atoms with Gasteiger partial charge in [-0.2, -0.15) is 0 Å². The number of amides is 1. The molecule has 1 saturated heterocycles. The van der Waals surface area contributed by atoms with Crippen molar-refractivity contribution >= 4 is 11.6 Å². The van der Waals surface area contributed by atoms with E-state index in [0.717, 1.165) is 31.1 Å². The van der Waals surface area contributed by atoms with Crippen molar-refractivity contribution in [1.82, 2.24) is 9.80 Å². The minimum absolute atomic E-state index is 0.105. The van der Waals surface area contributed by atoms with Crippen LogP contribution in [0.5, 0.6) is 0 Å². The van der Waals surface area contributed by atoms with E-state index in [1.54, 1.807) is 12.1 Å². The summed E-state index contributed by atoms with van der Waals surface area (Å²) in [6.07, 6.45) is 6.50. The van der Waals surface area contributed by atoms with Crippen LogP contribution in [-0.2, 0) is 0 Å². The second kappa shape index (κ2) is 6.06. The molecule has 3 rings (SSSR count). The third kappa shape index (κ3) is 3.05. The van der Waals surface area contributed by atoms with Gasteiger partial charge in [0, 0.05) is 43.5 Å². The number of likely N-dealkylation sites (N-methyl/N-ethyl adjacent to an activating group) is 1. The predicted octanol–water partition coefficient (Wildman–Crippen LogP) is 2.36. The number of likely N-dealkylation sites (tertiary alicyclic amines) is 1. The molecule has 114 valence electrons. The molecule has 0 radical (unpaired) electrons. The van der Waals surface area contributed by atoms with E-state index >= 15 is 0 Å². The van der Waals surface area contributed by atoms with Crippen molar-refractivity contribution in [3.63, 3.8) is 0 Å². The van der Waals surface area contributed by atoms with Crippen LogP contribution in [0.15, 0.2) is 24.3 Å². The number of nitrogens with two attached hydrogens (primary N) is 1. The van der Waals surface area contributed by atoms with E-state index in [4.69, 9.17) is 5.73 Å². The van der Waals surface area contributed by atoms with Crippen LogP contribution < -0.4 is 5.73 Å². The molecule has 1 aromatic carbocycles. The zero-order valence-corrected chi connectivity index (χ0v) is 12.8. The Morgan fingerprint density at radius 1 is 1.19 bits per heavy atom. The molecular formula is C17H25N3O. The van der Waals surface area contributed by atoms with Gasteiger partial charge in [0.1, 0.15) is 0 Å². The number of carbonyl (C=O) groups is 1. The van der Waals surface area contributed by atoms with Crippen molar-refractivity contribution in [2.45, 2.75) is 44.2 Å². The summed E-state index contributed by atoms with van der Waals surface area (Å²) in [5.74, 6) is 0.105. The topological polar surface area (TPSA) is 49.6 Å². The highest BCUT2D eigenvalue weighted by molar-refractivity contribution is 5.94. The highest BCUT2D eigenvalue weighted by Crippen LogP contribution is 2.28. The van der Waals surface area contributed by atoms with Crippen LogP contribution in [0.2, 0.25) is 0 Å². The number of nitrogens with zero attached hydrogens (tertiary/aromatic N) is 2. The second-order valence-corrected chi connectivity index (χ2v) is 6.41. The summed E-state index contributed by atoms with van der Waals surface area (Å²) in [4.78, 5) is 17.0. The lowest BCUT2D eigenvalue weighted by Crippen LogP contribution is -2.40. The third-order valence-electron chi connectivity index (χ3n) is 5.06. The Kier molecular flexibility index (Phi) is 4.15. The molecule has 1 saturated carbocycles. The Bertz CT molecular complexity index is 493. The van der Waals surface area contributed by atoms with Gasteiger partial charge in [-0.25, -0.2) is 0 Å². The van der Waals surface area contributed by atoms with Crippen molar-refractivity contribution < 1.29 is 4.79 Å². The van der Waals surface area contributed by atoms with E-state index in [2.05, 4.69) is 4.90 Å². The van der Waals surface area contributed by atoms with Gasteiger partial charge in [-0.1, -0.05) is 12.8 Å². The van der Waals surface area contributed by atoms with Gasteiger partial charge in [0.2, 0.25) is 0 Å². The number of carbonyl (C=O) groups excluding carboxylic acids is 1. The molecule has 1 atom stereocenters. The Balaban J connectivity index is 1.61. The molecule has 0 bridgehead atoms. The van der Waals surface area contributed by atoms with Crippen LogP contribution in [0, 0.1) is 0 Å². The lowest BCUT2D eigenvalue weighted by atomic mass is 10.1. The smallest absolute Gasteiger partial charge is 0.253 e. The van der Waals surface area contributed by atoms with Gasteiger partial charge in [-0.3, -0.25) is 9.69 Å². The monoisotopic (exact) mass is 287 g/mol. The Morgan fingerprint density at radius 3 is 2.52 bits per heavy atom. The summed E-state index contributed by atoms with van der Waals surface area (Å²) in [6.45, 7) is 2.16. The second-order valence-electron chi connectivity index (χ2n) is 6.41. The third-order valence-corrected chi connectivity index (χ3v) is 5.06. The Hall–Kier alpha value is -1.55. The van der Waals surface area contributed by atoms with Crippen LogP contribution >= 0.6 is 0 Å². The van der Waals surface area contributed by atoms with E-state index in [0.29, 0.717) is 11.7 Å². The molecule has 2 fully saturated rings. The van der Waals surface area contributed by atoms with Crippen molar-refractivity contribution in [2.24, 2.45) is 0 Å². The first kappa shape index (κ1) is 14.4. The SMILES string of the molecule is CN(C(=O)c1ccc(N)cc1)C1CCN(C2CCCC2)C1. The molecule has 4 nitrogen and oxygen atoms in total. The minimum atomic E-state index is 0.105. The van der Waals surface area contributed by atoms with Gasteiger partial charge in [-0.15, -0.1) is 0 Å². The first-order valence-electron chi connectivity index (χ1n) is 8.02. The zero-order valence-electron chi connectivity index (χ0n) is 12.8. The van der Waals surface area contributed by atoms with Crippen LogP contribution in [0.4, 0.5) is 5.69 Å². The highest BCUT2D eigenvalue weighted by Gasteiger charge is 2.33. The molecule has 0 aromatic heterocycles. The molecule has 1 amide bonds. The molecule has 1 aliphatic heterocycles. The fourth-order valence-electron chi connectivity index (χ4n) is 3.68. The summed E-state index contributed by atoms with van der Waals surface area (Å²) in [7, 11) is 1.93. The fraction of sp³-hybridized carbons (Fsp3) is 0.588. The largest absolute Gasteiger partial charge is 0.399 e. The van der Waals surface area contributed by atoms with E-state index in [9.17, 15) is 4.79 Å². The summed E-state index contributed by atoms with van der Waals surface area (Å²) < 4.78 is 0. The Morgan fingerprint density at radius 2 is 1.86 bits per heavy atom. The first-order chi connectivity index (χ1) is 10.1. The summed E-state index contributed by atoms with van der Waals surface area (Å²) in [5, 5.41) is 0.